The lowest BCUT2D eigenvalue weighted by Crippen LogP contribution is -2.33. The van der Waals surface area contributed by atoms with Crippen molar-refractivity contribution < 1.29 is 19.4 Å². The van der Waals surface area contributed by atoms with Crippen molar-refractivity contribution in [2.24, 2.45) is 0 Å². The van der Waals surface area contributed by atoms with Crippen molar-refractivity contribution in [3.63, 3.8) is 0 Å². The van der Waals surface area contributed by atoms with Gasteiger partial charge in [-0.3, -0.25) is 4.90 Å². The molecule has 0 aliphatic carbocycles. The molecule has 1 fully saturated rings. The zero-order chi connectivity index (χ0) is 16.9. The van der Waals surface area contributed by atoms with E-state index in [2.05, 4.69) is 0 Å². The summed E-state index contributed by atoms with van der Waals surface area (Å²) < 4.78 is 11.1. The van der Waals surface area contributed by atoms with Crippen molar-refractivity contribution in [1.82, 2.24) is 4.90 Å². The Labute approximate surface area is 138 Å². The van der Waals surface area contributed by atoms with Crippen LogP contribution in [-0.4, -0.2) is 47.5 Å². The van der Waals surface area contributed by atoms with E-state index in [-0.39, 0.29) is 12.7 Å². The minimum absolute atomic E-state index is 0.0958. The first-order valence-electron chi connectivity index (χ1n) is 8.14. The lowest BCUT2D eigenvalue weighted by molar-refractivity contribution is 0.00694. The normalized spacial score (nSPS) is 19.0. The molecule has 0 saturated carbocycles. The van der Waals surface area contributed by atoms with Gasteiger partial charge in [-0.2, -0.15) is 0 Å². The number of carbonyl (C=O) groups excluding carboxylic acids is 1. The van der Waals surface area contributed by atoms with Crippen LogP contribution in [0.4, 0.5) is 0 Å². The monoisotopic (exact) mass is 321 g/mol. The van der Waals surface area contributed by atoms with Gasteiger partial charge in [-0.1, -0.05) is 12.1 Å². The maximum atomic E-state index is 11.9. The molecule has 1 aliphatic rings. The van der Waals surface area contributed by atoms with Gasteiger partial charge in [0.15, 0.2) is 0 Å². The van der Waals surface area contributed by atoms with Gasteiger partial charge < -0.3 is 14.6 Å². The molecule has 5 nitrogen and oxygen atoms in total. The van der Waals surface area contributed by atoms with Gasteiger partial charge in [-0.05, 0) is 51.3 Å². The van der Waals surface area contributed by atoms with Crippen LogP contribution in [0, 0.1) is 0 Å². The molecule has 1 heterocycles. The molecule has 0 amide bonds. The zero-order valence-corrected chi connectivity index (χ0v) is 14.2. The molecule has 23 heavy (non-hydrogen) atoms. The van der Waals surface area contributed by atoms with Crippen molar-refractivity contribution in [1.29, 1.82) is 0 Å². The van der Waals surface area contributed by atoms with Crippen LogP contribution in [0.1, 0.15) is 49.5 Å². The van der Waals surface area contributed by atoms with Gasteiger partial charge in [0.1, 0.15) is 5.60 Å². The van der Waals surface area contributed by atoms with E-state index in [4.69, 9.17) is 9.47 Å². The molecule has 128 valence electrons. The summed E-state index contributed by atoms with van der Waals surface area (Å²) in [5.74, 6) is -0.311. The second-order valence-corrected chi connectivity index (χ2v) is 6.96. The molecule has 0 spiro atoms. The number of nitrogens with zero attached hydrogens (tertiary/aromatic N) is 1. The number of esters is 1. The zero-order valence-electron chi connectivity index (χ0n) is 14.2. The number of aliphatic hydroxyl groups excluding tert-OH is 1. The highest BCUT2D eigenvalue weighted by molar-refractivity contribution is 5.89. The van der Waals surface area contributed by atoms with Gasteiger partial charge >= 0.3 is 5.97 Å². The highest BCUT2D eigenvalue weighted by atomic mass is 16.6. The predicted octanol–water partition coefficient (Wildman–Crippen LogP) is 2.57. The maximum Gasteiger partial charge on any atom is 0.338 e. The highest BCUT2D eigenvalue weighted by Crippen LogP contribution is 2.17. The minimum atomic E-state index is -0.487. The van der Waals surface area contributed by atoms with Gasteiger partial charge in [0.05, 0.1) is 25.5 Å². The average molecular weight is 321 g/mol. The van der Waals surface area contributed by atoms with Crippen molar-refractivity contribution in [3.8, 4) is 0 Å². The topological polar surface area (TPSA) is 59.0 Å². The van der Waals surface area contributed by atoms with Gasteiger partial charge in [-0.15, -0.1) is 0 Å². The van der Waals surface area contributed by atoms with Crippen LogP contribution in [0.3, 0.4) is 0 Å². The average Bonchev–Trinajstić information content (AvgIpc) is 2.93. The number of benzene rings is 1. The van der Waals surface area contributed by atoms with Crippen molar-refractivity contribution in [2.75, 3.05) is 19.9 Å². The van der Waals surface area contributed by atoms with E-state index in [0.29, 0.717) is 24.8 Å². The fourth-order valence-electron chi connectivity index (χ4n) is 2.66. The van der Waals surface area contributed by atoms with Gasteiger partial charge in [0.25, 0.3) is 0 Å². The van der Waals surface area contributed by atoms with E-state index >= 15 is 0 Å². The summed E-state index contributed by atoms with van der Waals surface area (Å²) in [5, 5.41) is 9.24. The number of aliphatic hydroxyl groups is 1. The Kier molecular flexibility index (Phi) is 6.16. The molecule has 0 radical (unpaired) electrons. The van der Waals surface area contributed by atoms with Crippen molar-refractivity contribution in [3.05, 3.63) is 35.4 Å². The van der Waals surface area contributed by atoms with E-state index in [9.17, 15) is 9.90 Å². The van der Waals surface area contributed by atoms with Crippen LogP contribution < -0.4 is 0 Å². The Bertz CT molecular complexity index is 507. The highest BCUT2D eigenvalue weighted by Gasteiger charge is 2.23. The Morgan fingerprint density at radius 2 is 2.00 bits per heavy atom. The van der Waals surface area contributed by atoms with Crippen LogP contribution in [0.15, 0.2) is 24.3 Å². The molecule has 0 aromatic heterocycles. The quantitative estimate of drug-likeness (QED) is 0.816. The Hall–Kier alpha value is -1.43. The predicted molar refractivity (Wildman–Crippen MR) is 88.1 cm³/mol. The van der Waals surface area contributed by atoms with Crippen molar-refractivity contribution >= 4 is 5.97 Å². The largest absolute Gasteiger partial charge is 0.456 e. The number of hydrogen-bond donors (Lipinski definition) is 1. The molecule has 1 N–H and O–H groups in total. The molecule has 1 saturated heterocycles. The molecular formula is C18H27NO4. The van der Waals surface area contributed by atoms with Gasteiger partial charge in [-0.25, -0.2) is 4.79 Å². The summed E-state index contributed by atoms with van der Waals surface area (Å²) in [6.07, 6.45) is 2.18. The maximum absolute atomic E-state index is 11.9. The van der Waals surface area contributed by atoms with Crippen LogP contribution in [0.25, 0.3) is 0 Å². The standard InChI is InChI=1S/C18H27NO4/c1-18(2,3)23-17(21)15-8-6-14(7-9-15)11-22-12-16-5-4-10-19(16)13-20/h6-9,16,20H,4-5,10-13H2,1-3H3. The lowest BCUT2D eigenvalue weighted by atomic mass is 10.1. The Balaban J connectivity index is 1.80. The lowest BCUT2D eigenvalue weighted by Gasteiger charge is -2.21. The molecule has 5 heteroatoms. The number of rotatable bonds is 6. The SMILES string of the molecule is CC(C)(C)OC(=O)c1ccc(COCC2CCCN2CO)cc1. The number of carbonyl (C=O) groups is 1. The fourth-order valence-corrected chi connectivity index (χ4v) is 2.66. The third kappa shape index (κ3) is 5.61. The number of likely N-dealkylation sites (tertiary alicyclic amines) is 1. The van der Waals surface area contributed by atoms with E-state index in [1.807, 2.05) is 37.8 Å². The third-order valence-electron chi connectivity index (χ3n) is 3.85. The molecular weight excluding hydrogens is 294 g/mol. The summed E-state index contributed by atoms with van der Waals surface area (Å²) in [4.78, 5) is 14.0. The molecule has 0 bridgehead atoms. The van der Waals surface area contributed by atoms with E-state index in [1.165, 1.54) is 0 Å². The Morgan fingerprint density at radius 3 is 2.61 bits per heavy atom. The Morgan fingerprint density at radius 1 is 1.30 bits per heavy atom. The summed E-state index contributed by atoms with van der Waals surface area (Å²) in [5.41, 5.74) is 1.08. The molecule has 1 aromatic carbocycles. The van der Waals surface area contributed by atoms with Gasteiger partial charge in [0.2, 0.25) is 0 Å². The number of ether oxygens (including phenoxy) is 2. The molecule has 2 rings (SSSR count). The summed E-state index contributed by atoms with van der Waals surface area (Å²) in [7, 11) is 0. The second-order valence-electron chi connectivity index (χ2n) is 6.96. The van der Waals surface area contributed by atoms with Crippen LogP contribution in [0.5, 0.6) is 0 Å². The summed E-state index contributed by atoms with van der Waals surface area (Å²) in [6, 6.07) is 7.61. The molecule has 1 unspecified atom stereocenters. The van der Waals surface area contributed by atoms with Crippen LogP contribution in [0.2, 0.25) is 0 Å². The van der Waals surface area contributed by atoms with E-state index in [0.717, 1.165) is 24.9 Å². The molecule has 1 aromatic rings. The van der Waals surface area contributed by atoms with E-state index < -0.39 is 5.60 Å². The minimum Gasteiger partial charge on any atom is -0.456 e. The number of hydrogen-bond acceptors (Lipinski definition) is 5. The van der Waals surface area contributed by atoms with Crippen LogP contribution >= 0.6 is 0 Å². The van der Waals surface area contributed by atoms with Gasteiger partial charge in [0, 0.05) is 12.6 Å². The first-order chi connectivity index (χ1) is 10.9. The first kappa shape index (κ1) is 17.9. The van der Waals surface area contributed by atoms with E-state index in [1.54, 1.807) is 12.1 Å². The summed E-state index contributed by atoms with van der Waals surface area (Å²) >= 11 is 0. The fraction of sp³-hybridized carbons (Fsp3) is 0.611. The second kappa shape index (κ2) is 7.90. The van der Waals surface area contributed by atoms with Crippen LogP contribution in [-0.2, 0) is 16.1 Å². The molecule has 1 aliphatic heterocycles. The smallest absolute Gasteiger partial charge is 0.338 e. The molecule has 1 atom stereocenters. The summed E-state index contributed by atoms with van der Waals surface area (Å²) in [6.45, 7) is 7.72. The third-order valence-corrected chi connectivity index (χ3v) is 3.85. The van der Waals surface area contributed by atoms with Crippen molar-refractivity contribution in [2.45, 2.75) is 51.9 Å². The first-order valence-corrected chi connectivity index (χ1v) is 8.14.